The van der Waals surface area contributed by atoms with Gasteiger partial charge in [0.1, 0.15) is 24.0 Å². The van der Waals surface area contributed by atoms with Crippen LogP contribution in [0.1, 0.15) is 29.8 Å². The summed E-state index contributed by atoms with van der Waals surface area (Å²) < 4.78 is 49.4. The van der Waals surface area contributed by atoms with Crippen LogP contribution in [-0.2, 0) is 6.42 Å². The van der Waals surface area contributed by atoms with Crippen LogP contribution in [0.15, 0.2) is 36.4 Å². The standard InChI is InChI=1S/C27H32F3N3O3/c1-16-8-21-20-4-2-3-5-24(20)31-26(21)27(33(16)14-18(35)15-34)25-22(29)9-19(10-23(25)30)36-7-6-32-12-17(11-28)13-32/h2-5,9-10,16-18,27,31,34-35H,6-8,11-15H2,1H3/t16-,18?,27-/m1/s1. The zero-order valence-electron chi connectivity index (χ0n) is 20.3. The van der Waals surface area contributed by atoms with Crippen molar-refractivity contribution in [3.05, 3.63) is 64.9 Å². The van der Waals surface area contributed by atoms with Gasteiger partial charge in [-0.1, -0.05) is 18.2 Å². The first-order chi connectivity index (χ1) is 17.4. The van der Waals surface area contributed by atoms with Gasteiger partial charge in [0.25, 0.3) is 0 Å². The summed E-state index contributed by atoms with van der Waals surface area (Å²) in [7, 11) is 0. The van der Waals surface area contributed by atoms with Crippen molar-refractivity contribution in [2.24, 2.45) is 5.92 Å². The van der Waals surface area contributed by atoms with Crippen LogP contribution in [0, 0.1) is 17.6 Å². The Morgan fingerprint density at radius 2 is 1.89 bits per heavy atom. The molecule has 1 saturated heterocycles. The smallest absolute Gasteiger partial charge is 0.135 e. The SMILES string of the molecule is C[C@@H]1Cc2c([nH]c3ccccc23)[C@@H](c2c(F)cc(OCCN3CC(CF)C3)cc2F)N1CC(O)CO. The average molecular weight is 504 g/mol. The fraction of sp³-hybridized carbons (Fsp3) is 0.481. The number of aliphatic hydroxyl groups excluding tert-OH is 2. The van der Waals surface area contributed by atoms with E-state index in [4.69, 9.17) is 4.74 Å². The summed E-state index contributed by atoms with van der Waals surface area (Å²) in [6, 6.07) is 9.20. The van der Waals surface area contributed by atoms with E-state index in [-0.39, 0.29) is 43.1 Å². The van der Waals surface area contributed by atoms with Crippen molar-refractivity contribution in [1.82, 2.24) is 14.8 Å². The summed E-state index contributed by atoms with van der Waals surface area (Å²) in [5.74, 6) is -1.31. The number of para-hydroxylation sites is 1. The Morgan fingerprint density at radius 1 is 1.17 bits per heavy atom. The number of likely N-dealkylation sites (tertiary alicyclic amines) is 1. The second-order valence-corrected chi connectivity index (χ2v) is 9.98. The van der Waals surface area contributed by atoms with Crippen LogP contribution in [0.25, 0.3) is 10.9 Å². The molecule has 3 N–H and O–H groups in total. The van der Waals surface area contributed by atoms with Gasteiger partial charge in [0.2, 0.25) is 0 Å². The minimum Gasteiger partial charge on any atom is -0.492 e. The molecule has 2 aliphatic rings. The monoisotopic (exact) mass is 503 g/mol. The van der Waals surface area contributed by atoms with Gasteiger partial charge < -0.3 is 19.9 Å². The van der Waals surface area contributed by atoms with Crippen molar-refractivity contribution >= 4 is 10.9 Å². The number of H-pyrrole nitrogens is 1. The van der Waals surface area contributed by atoms with Gasteiger partial charge >= 0.3 is 0 Å². The van der Waals surface area contributed by atoms with Crippen molar-refractivity contribution in [3.63, 3.8) is 0 Å². The molecule has 1 aromatic heterocycles. The fourth-order valence-corrected chi connectivity index (χ4v) is 5.56. The lowest BCUT2D eigenvalue weighted by atomic mass is 9.87. The van der Waals surface area contributed by atoms with E-state index in [1.54, 1.807) is 0 Å². The largest absolute Gasteiger partial charge is 0.492 e. The van der Waals surface area contributed by atoms with E-state index < -0.39 is 30.4 Å². The summed E-state index contributed by atoms with van der Waals surface area (Å²) in [6.07, 6.45) is -0.411. The molecule has 194 valence electrons. The van der Waals surface area contributed by atoms with Crippen molar-refractivity contribution in [1.29, 1.82) is 0 Å². The number of benzene rings is 2. The van der Waals surface area contributed by atoms with Crippen molar-refractivity contribution in [2.75, 3.05) is 46.1 Å². The maximum absolute atomic E-state index is 15.6. The molecule has 3 heterocycles. The third-order valence-electron chi connectivity index (χ3n) is 7.40. The number of β-amino-alcohol motifs (C(OH)–C–C–N with tert-alkyl or cyclic N) is 1. The highest BCUT2D eigenvalue weighted by Crippen LogP contribution is 2.43. The van der Waals surface area contributed by atoms with Crippen molar-refractivity contribution in [2.45, 2.75) is 31.5 Å². The van der Waals surface area contributed by atoms with Crippen LogP contribution in [-0.4, -0.2) is 83.2 Å². The van der Waals surface area contributed by atoms with Gasteiger partial charge in [-0.15, -0.1) is 0 Å². The number of nitrogens with zero attached hydrogens (tertiary/aromatic N) is 2. The van der Waals surface area contributed by atoms with Crippen LogP contribution >= 0.6 is 0 Å². The van der Waals surface area contributed by atoms with E-state index in [2.05, 4.69) is 4.98 Å². The summed E-state index contributed by atoms with van der Waals surface area (Å²) in [5.41, 5.74) is 2.44. The molecule has 0 aliphatic carbocycles. The molecule has 36 heavy (non-hydrogen) atoms. The summed E-state index contributed by atoms with van der Waals surface area (Å²) in [4.78, 5) is 7.24. The highest BCUT2D eigenvalue weighted by molar-refractivity contribution is 5.85. The van der Waals surface area contributed by atoms with E-state index in [1.165, 1.54) is 12.1 Å². The molecular weight excluding hydrogens is 471 g/mol. The van der Waals surface area contributed by atoms with Crippen molar-refractivity contribution < 1.29 is 28.1 Å². The summed E-state index contributed by atoms with van der Waals surface area (Å²) in [5, 5.41) is 20.7. The Kier molecular flexibility index (Phi) is 7.25. The lowest BCUT2D eigenvalue weighted by Gasteiger charge is -2.42. The molecule has 3 aromatic rings. The number of aromatic amines is 1. The lowest BCUT2D eigenvalue weighted by Crippen LogP contribution is -2.49. The van der Waals surface area contributed by atoms with Gasteiger partial charge in [-0.2, -0.15) is 0 Å². The highest BCUT2D eigenvalue weighted by atomic mass is 19.1. The van der Waals surface area contributed by atoms with Gasteiger partial charge in [-0.05, 0) is 25.0 Å². The number of hydrogen-bond acceptors (Lipinski definition) is 5. The van der Waals surface area contributed by atoms with E-state index >= 15 is 8.78 Å². The van der Waals surface area contributed by atoms with E-state index in [1.807, 2.05) is 41.0 Å². The Bertz CT molecular complexity index is 1190. The Balaban J connectivity index is 1.46. The molecule has 2 aromatic carbocycles. The highest BCUT2D eigenvalue weighted by Gasteiger charge is 2.39. The number of nitrogens with one attached hydrogen (secondary N) is 1. The molecule has 0 bridgehead atoms. The molecular formula is C27H32F3N3O3. The Labute approximate surface area is 208 Å². The second-order valence-electron chi connectivity index (χ2n) is 9.98. The van der Waals surface area contributed by atoms with Crippen LogP contribution in [0.2, 0.25) is 0 Å². The zero-order valence-corrected chi connectivity index (χ0v) is 20.3. The normalized spacial score (nSPS) is 21.9. The quantitative estimate of drug-likeness (QED) is 0.418. The molecule has 3 atom stereocenters. The van der Waals surface area contributed by atoms with Gasteiger partial charge in [0.05, 0.1) is 25.4 Å². The summed E-state index contributed by atoms with van der Waals surface area (Å²) >= 11 is 0. The fourth-order valence-electron chi connectivity index (χ4n) is 5.56. The average Bonchev–Trinajstić information content (AvgIpc) is 3.19. The Morgan fingerprint density at radius 3 is 2.58 bits per heavy atom. The molecule has 9 heteroatoms. The number of fused-ring (bicyclic) bond motifs is 3. The lowest BCUT2D eigenvalue weighted by molar-refractivity contribution is 0.0287. The topological polar surface area (TPSA) is 72.0 Å². The van der Waals surface area contributed by atoms with Crippen LogP contribution < -0.4 is 4.74 Å². The first-order valence-electron chi connectivity index (χ1n) is 12.4. The zero-order chi connectivity index (χ0) is 25.4. The van der Waals surface area contributed by atoms with Gasteiger partial charge in [0, 0.05) is 72.4 Å². The van der Waals surface area contributed by atoms with E-state index in [9.17, 15) is 14.6 Å². The van der Waals surface area contributed by atoms with Gasteiger partial charge in [-0.3, -0.25) is 14.2 Å². The van der Waals surface area contributed by atoms with Gasteiger partial charge in [0.15, 0.2) is 0 Å². The molecule has 0 amide bonds. The molecule has 2 aliphatic heterocycles. The van der Waals surface area contributed by atoms with Crippen molar-refractivity contribution in [3.8, 4) is 5.75 Å². The third-order valence-corrected chi connectivity index (χ3v) is 7.40. The molecule has 1 unspecified atom stereocenters. The molecule has 5 rings (SSSR count). The van der Waals surface area contributed by atoms with E-state index in [0.717, 1.165) is 16.5 Å². The summed E-state index contributed by atoms with van der Waals surface area (Å²) in [6.45, 7) is 3.39. The molecule has 0 radical (unpaired) electrons. The van der Waals surface area contributed by atoms with Gasteiger partial charge in [-0.25, -0.2) is 8.78 Å². The maximum Gasteiger partial charge on any atom is 0.135 e. The minimum atomic E-state index is -1.05. The first kappa shape index (κ1) is 25.1. The number of halogens is 3. The number of aliphatic hydroxyl groups is 2. The molecule has 0 spiro atoms. The molecule has 6 nitrogen and oxygen atoms in total. The third kappa shape index (κ3) is 4.72. The predicted molar refractivity (Wildman–Crippen MR) is 131 cm³/mol. The number of aromatic nitrogens is 1. The molecule has 1 fully saturated rings. The second kappa shape index (κ2) is 10.4. The number of alkyl halides is 1. The number of hydrogen-bond donors (Lipinski definition) is 3. The van der Waals surface area contributed by atoms with E-state index in [0.29, 0.717) is 31.7 Å². The van der Waals surface area contributed by atoms with Crippen LogP contribution in [0.4, 0.5) is 13.2 Å². The Hall–Kier alpha value is -2.59. The first-order valence-corrected chi connectivity index (χ1v) is 12.4. The van der Waals surface area contributed by atoms with Crippen LogP contribution in [0.5, 0.6) is 5.75 Å². The molecule has 0 saturated carbocycles. The predicted octanol–water partition coefficient (Wildman–Crippen LogP) is 3.42. The number of rotatable bonds is 9. The van der Waals surface area contributed by atoms with Crippen LogP contribution in [0.3, 0.4) is 0 Å². The minimum absolute atomic E-state index is 0.0595. The maximum atomic E-state index is 15.6. The number of ether oxygens (including phenoxy) is 1.